The molecule has 4 rings (SSSR count). The second-order valence-corrected chi connectivity index (χ2v) is 6.48. The minimum Gasteiger partial charge on any atom is -0.457 e. The third-order valence-corrected chi connectivity index (χ3v) is 4.62. The van der Waals surface area contributed by atoms with Crippen LogP contribution in [0.5, 0.6) is 0 Å². The van der Waals surface area contributed by atoms with Gasteiger partial charge in [0, 0.05) is 17.0 Å². The van der Waals surface area contributed by atoms with Gasteiger partial charge in [0.15, 0.2) is 11.6 Å². The number of rotatable bonds is 3. The molecule has 0 atom stereocenters. The third kappa shape index (κ3) is 3.23. The summed E-state index contributed by atoms with van der Waals surface area (Å²) in [6.07, 6.45) is 0. The molecule has 0 spiro atoms. The Hall–Kier alpha value is -3.25. The first-order chi connectivity index (χ1) is 13.4. The Kier molecular flexibility index (Phi) is 4.57. The van der Waals surface area contributed by atoms with Crippen LogP contribution >= 0.6 is 11.6 Å². The van der Waals surface area contributed by atoms with Gasteiger partial charge in [-0.3, -0.25) is 0 Å². The molecule has 7 heteroatoms. The summed E-state index contributed by atoms with van der Waals surface area (Å²) in [6, 6.07) is 13.6. The average molecular weight is 401 g/mol. The standard InChI is InChI=1S/C21H11ClF2O4/c22-15-9-17(24)16(23)8-14(15)21(26)27-10-12-7-19(25)28-18-6-5-11-3-1-2-4-13(11)20(12)18/h1-9H,10H2. The SMILES string of the molecule is O=C(OCc1cc(=O)oc2ccc3ccccc3c12)c1cc(F)c(F)cc1Cl. The summed E-state index contributed by atoms with van der Waals surface area (Å²) in [5.74, 6) is -3.32. The third-order valence-electron chi connectivity index (χ3n) is 4.30. The molecule has 0 aliphatic carbocycles. The molecule has 0 aliphatic heterocycles. The van der Waals surface area contributed by atoms with Crippen molar-refractivity contribution >= 4 is 39.3 Å². The van der Waals surface area contributed by atoms with E-state index < -0.39 is 23.2 Å². The van der Waals surface area contributed by atoms with Gasteiger partial charge in [-0.1, -0.05) is 41.9 Å². The number of esters is 1. The Morgan fingerprint density at radius 3 is 2.61 bits per heavy atom. The first-order valence-electron chi connectivity index (χ1n) is 8.20. The minimum atomic E-state index is -1.21. The Balaban J connectivity index is 1.74. The highest BCUT2D eigenvalue weighted by Gasteiger charge is 2.18. The van der Waals surface area contributed by atoms with Gasteiger partial charge in [0.2, 0.25) is 0 Å². The van der Waals surface area contributed by atoms with Gasteiger partial charge in [0.25, 0.3) is 0 Å². The minimum absolute atomic E-state index is 0.271. The van der Waals surface area contributed by atoms with E-state index in [1.54, 1.807) is 6.07 Å². The zero-order valence-corrected chi connectivity index (χ0v) is 14.9. The van der Waals surface area contributed by atoms with Crippen LogP contribution in [0.2, 0.25) is 5.02 Å². The van der Waals surface area contributed by atoms with Crippen LogP contribution in [0.25, 0.3) is 21.7 Å². The van der Waals surface area contributed by atoms with Gasteiger partial charge in [-0.05, 0) is 29.0 Å². The lowest BCUT2D eigenvalue weighted by molar-refractivity contribution is 0.0473. The van der Waals surface area contributed by atoms with E-state index in [1.807, 2.05) is 30.3 Å². The van der Waals surface area contributed by atoms with Gasteiger partial charge in [-0.2, -0.15) is 0 Å². The van der Waals surface area contributed by atoms with Crippen LogP contribution in [-0.2, 0) is 11.3 Å². The Morgan fingerprint density at radius 2 is 1.79 bits per heavy atom. The van der Waals surface area contributed by atoms with Gasteiger partial charge in [-0.25, -0.2) is 18.4 Å². The van der Waals surface area contributed by atoms with E-state index in [4.69, 9.17) is 20.8 Å². The van der Waals surface area contributed by atoms with Gasteiger partial charge in [-0.15, -0.1) is 0 Å². The molecule has 0 saturated carbocycles. The van der Waals surface area contributed by atoms with Crippen LogP contribution in [0.4, 0.5) is 8.78 Å². The Labute approximate surface area is 161 Å². The van der Waals surface area contributed by atoms with E-state index >= 15 is 0 Å². The Bertz CT molecular complexity index is 1300. The van der Waals surface area contributed by atoms with Crippen molar-refractivity contribution in [2.24, 2.45) is 0 Å². The van der Waals surface area contributed by atoms with Gasteiger partial charge < -0.3 is 9.15 Å². The summed E-state index contributed by atoms with van der Waals surface area (Å²) in [6.45, 7) is -0.274. The van der Waals surface area contributed by atoms with Crippen molar-refractivity contribution in [2.45, 2.75) is 6.61 Å². The summed E-state index contributed by atoms with van der Waals surface area (Å²) in [5.41, 5.74) is -0.129. The second kappa shape index (κ2) is 7.05. The number of ether oxygens (including phenoxy) is 1. The maximum atomic E-state index is 13.4. The fourth-order valence-electron chi connectivity index (χ4n) is 3.03. The van der Waals surface area contributed by atoms with E-state index in [0.717, 1.165) is 10.8 Å². The number of carbonyl (C=O) groups is 1. The zero-order valence-electron chi connectivity index (χ0n) is 14.2. The Morgan fingerprint density at radius 1 is 1.04 bits per heavy atom. The summed E-state index contributed by atoms with van der Waals surface area (Å²) >= 11 is 5.80. The number of fused-ring (bicyclic) bond motifs is 3. The lowest BCUT2D eigenvalue weighted by Crippen LogP contribution is -2.09. The van der Waals surface area contributed by atoms with Gasteiger partial charge >= 0.3 is 11.6 Å². The molecular weight excluding hydrogens is 390 g/mol. The topological polar surface area (TPSA) is 56.5 Å². The predicted octanol–water partition coefficient (Wildman–Crippen LogP) is 5.23. The van der Waals surface area contributed by atoms with Crippen molar-refractivity contribution in [2.75, 3.05) is 0 Å². The molecule has 0 fully saturated rings. The van der Waals surface area contributed by atoms with Crippen LogP contribution < -0.4 is 5.63 Å². The number of hydrogen-bond acceptors (Lipinski definition) is 4. The molecule has 3 aromatic carbocycles. The molecule has 0 amide bonds. The fourth-order valence-corrected chi connectivity index (χ4v) is 3.26. The van der Waals surface area contributed by atoms with E-state index in [-0.39, 0.29) is 17.2 Å². The summed E-state index contributed by atoms with van der Waals surface area (Å²) < 4.78 is 37.1. The van der Waals surface area contributed by atoms with Crippen LogP contribution in [0, 0.1) is 11.6 Å². The number of halogens is 3. The molecule has 0 saturated heterocycles. The quantitative estimate of drug-likeness (QED) is 0.204. The number of benzene rings is 3. The van der Waals surface area contributed by atoms with Crippen molar-refractivity contribution in [1.82, 2.24) is 0 Å². The van der Waals surface area contributed by atoms with E-state index in [2.05, 4.69) is 0 Å². The lowest BCUT2D eigenvalue weighted by Gasteiger charge is -2.10. The molecule has 0 aliphatic rings. The monoisotopic (exact) mass is 400 g/mol. The molecule has 4 nitrogen and oxygen atoms in total. The van der Waals surface area contributed by atoms with E-state index in [1.165, 1.54) is 6.07 Å². The van der Waals surface area contributed by atoms with Crippen molar-refractivity contribution < 1.29 is 22.7 Å². The molecule has 0 bridgehead atoms. The normalized spacial score (nSPS) is 11.1. The highest BCUT2D eigenvalue weighted by molar-refractivity contribution is 6.33. The van der Waals surface area contributed by atoms with Crippen LogP contribution in [0.1, 0.15) is 15.9 Å². The van der Waals surface area contributed by atoms with Crippen molar-refractivity contribution in [3.63, 3.8) is 0 Å². The smallest absolute Gasteiger partial charge is 0.340 e. The van der Waals surface area contributed by atoms with E-state index in [0.29, 0.717) is 28.7 Å². The number of carbonyl (C=O) groups excluding carboxylic acids is 1. The van der Waals surface area contributed by atoms with Crippen LogP contribution in [0.3, 0.4) is 0 Å². The first-order valence-corrected chi connectivity index (χ1v) is 8.58. The van der Waals surface area contributed by atoms with E-state index in [9.17, 15) is 18.4 Å². The molecule has 0 unspecified atom stereocenters. The molecule has 140 valence electrons. The molecule has 0 radical (unpaired) electrons. The lowest BCUT2D eigenvalue weighted by atomic mass is 10.0. The van der Waals surface area contributed by atoms with Crippen molar-refractivity contribution in [3.8, 4) is 0 Å². The fraction of sp³-hybridized carbons (Fsp3) is 0.0476. The van der Waals surface area contributed by atoms with Gasteiger partial charge in [0.05, 0.1) is 10.6 Å². The number of hydrogen-bond donors (Lipinski definition) is 0. The van der Waals surface area contributed by atoms with Crippen molar-refractivity contribution in [3.05, 3.63) is 92.8 Å². The summed E-state index contributed by atoms with van der Waals surface area (Å²) in [5, 5.41) is 2.09. The van der Waals surface area contributed by atoms with Crippen molar-refractivity contribution in [1.29, 1.82) is 0 Å². The maximum Gasteiger partial charge on any atom is 0.340 e. The van der Waals surface area contributed by atoms with Gasteiger partial charge in [0.1, 0.15) is 12.2 Å². The summed E-state index contributed by atoms with van der Waals surface area (Å²) in [7, 11) is 0. The second-order valence-electron chi connectivity index (χ2n) is 6.07. The maximum absolute atomic E-state index is 13.4. The van der Waals surface area contributed by atoms with Crippen LogP contribution in [0.15, 0.2) is 63.8 Å². The molecular formula is C21H11ClF2O4. The van der Waals surface area contributed by atoms with Crippen LogP contribution in [-0.4, -0.2) is 5.97 Å². The molecule has 4 aromatic rings. The highest BCUT2D eigenvalue weighted by atomic mass is 35.5. The largest absolute Gasteiger partial charge is 0.457 e. The molecule has 1 heterocycles. The zero-order chi connectivity index (χ0) is 19.8. The first kappa shape index (κ1) is 18.1. The molecule has 1 aromatic heterocycles. The highest BCUT2D eigenvalue weighted by Crippen LogP contribution is 2.28. The molecule has 0 N–H and O–H groups in total. The predicted molar refractivity (Wildman–Crippen MR) is 100 cm³/mol. The average Bonchev–Trinajstić information content (AvgIpc) is 2.68. The molecule has 28 heavy (non-hydrogen) atoms. The summed E-state index contributed by atoms with van der Waals surface area (Å²) in [4.78, 5) is 24.2.